The summed E-state index contributed by atoms with van der Waals surface area (Å²) >= 11 is 0. The molecule has 3 aromatic carbocycles. The zero-order chi connectivity index (χ0) is 21.2. The summed E-state index contributed by atoms with van der Waals surface area (Å²) in [7, 11) is -4.31. The first-order valence-corrected chi connectivity index (χ1v) is 10.1. The quantitative estimate of drug-likeness (QED) is 0.463. The van der Waals surface area contributed by atoms with Crippen molar-refractivity contribution in [1.82, 2.24) is 0 Å². The molecular weight excluding hydrogens is 392 g/mol. The van der Waals surface area contributed by atoms with E-state index in [1.807, 2.05) is 13.8 Å². The van der Waals surface area contributed by atoms with E-state index in [1.165, 1.54) is 48.5 Å². The van der Waals surface area contributed by atoms with Crippen LogP contribution in [0.25, 0.3) is 0 Å². The third kappa shape index (κ3) is 4.02. The molecule has 0 aromatic heterocycles. The van der Waals surface area contributed by atoms with Crippen molar-refractivity contribution < 1.29 is 18.1 Å². The second-order valence-electron chi connectivity index (χ2n) is 6.50. The molecule has 0 bridgehead atoms. The molecule has 0 saturated carbocycles. The van der Waals surface area contributed by atoms with Crippen LogP contribution in [0.4, 0.5) is 11.4 Å². The zero-order valence-corrected chi connectivity index (χ0v) is 16.6. The van der Waals surface area contributed by atoms with Crippen molar-refractivity contribution in [2.75, 3.05) is 4.31 Å². The van der Waals surface area contributed by atoms with Crippen LogP contribution in [-0.2, 0) is 10.0 Å². The fourth-order valence-corrected chi connectivity index (χ4v) is 4.19. The maximum absolute atomic E-state index is 13.4. The predicted octanol–water partition coefficient (Wildman–Crippen LogP) is 4.25. The lowest BCUT2D eigenvalue weighted by Crippen LogP contribution is -2.37. The summed E-state index contributed by atoms with van der Waals surface area (Å²) in [5.74, 6) is -0.998. The molecule has 0 fully saturated rings. The summed E-state index contributed by atoms with van der Waals surface area (Å²) in [5, 5.41) is 11.4. The molecule has 7 nitrogen and oxygen atoms in total. The first-order chi connectivity index (χ1) is 13.7. The number of carbonyl (C=O) groups is 1. The summed E-state index contributed by atoms with van der Waals surface area (Å²) in [6, 6.07) is 17.6. The van der Waals surface area contributed by atoms with E-state index in [0.717, 1.165) is 11.1 Å². The molecule has 8 heteroatoms. The van der Waals surface area contributed by atoms with Gasteiger partial charge in [0.15, 0.2) is 0 Å². The number of carbonyl (C=O) groups excluding carboxylic acids is 1. The van der Waals surface area contributed by atoms with Crippen molar-refractivity contribution in [3.63, 3.8) is 0 Å². The number of rotatable bonds is 5. The molecule has 0 heterocycles. The van der Waals surface area contributed by atoms with Gasteiger partial charge in [-0.2, -0.15) is 4.31 Å². The standard InChI is InChI=1S/C21H18N2O5S/c1-15-7-11-17(12-8-15)22(29(27,28)18-13-9-16(2)10-14-18)21(24)19-5-3-4-6-20(19)23(25)26/h3-14H,1-2H3. The average molecular weight is 410 g/mol. The Balaban J connectivity index is 2.22. The summed E-state index contributed by atoms with van der Waals surface area (Å²) in [6.07, 6.45) is 0. The number of hydrogen-bond acceptors (Lipinski definition) is 5. The molecule has 1 amide bonds. The number of nitro groups is 1. The van der Waals surface area contributed by atoms with Gasteiger partial charge in [0.05, 0.1) is 15.5 Å². The first-order valence-electron chi connectivity index (χ1n) is 8.68. The Hall–Kier alpha value is -3.52. The maximum Gasteiger partial charge on any atom is 0.282 e. The lowest BCUT2D eigenvalue weighted by Gasteiger charge is -2.23. The highest BCUT2D eigenvalue weighted by molar-refractivity contribution is 7.93. The minimum atomic E-state index is -4.31. The molecule has 0 radical (unpaired) electrons. The first kappa shape index (κ1) is 20.2. The van der Waals surface area contributed by atoms with Gasteiger partial charge in [-0.3, -0.25) is 14.9 Å². The molecule has 148 valence electrons. The van der Waals surface area contributed by atoms with Gasteiger partial charge >= 0.3 is 0 Å². The highest BCUT2D eigenvalue weighted by Crippen LogP contribution is 2.29. The zero-order valence-electron chi connectivity index (χ0n) is 15.8. The van der Waals surface area contributed by atoms with Crippen LogP contribution >= 0.6 is 0 Å². The van der Waals surface area contributed by atoms with Crippen molar-refractivity contribution in [3.8, 4) is 0 Å². The highest BCUT2D eigenvalue weighted by Gasteiger charge is 2.34. The molecule has 3 aromatic rings. The summed E-state index contributed by atoms with van der Waals surface area (Å²) in [5.41, 5.74) is 1.05. The molecule has 0 N–H and O–H groups in total. The second kappa shape index (κ2) is 7.84. The van der Waals surface area contributed by atoms with Gasteiger partial charge in [-0.25, -0.2) is 8.42 Å². The SMILES string of the molecule is Cc1ccc(N(C(=O)c2ccccc2[N+](=O)[O-])S(=O)(=O)c2ccc(C)cc2)cc1. The van der Waals surface area contributed by atoms with Gasteiger partial charge in [0, 0.05) is 6.07 Å². The number of benzene rings is 3. The number of anilines is 1. The summed E-state index contributed by atoms with van der Waals surface area (Å²) in [6.45, 7) is 3.64. The number of nitrogens with zero attached hydrogens (tertiary/aromatic N) is 2. The topological polar surface area (TPSA) is 97.6 Å². The second-order valence-corrected chi connectivity index (χ2v) is 8.28. The average Bonchev–Trinajstić information content (AvgIpc) is 2.69. The number of nitro benzene ring substituents is 1. The van der Waals surface area contributed by atoms with Gasteiger partial charge in [-0.15, -0.1) is 0 Å². The van der Waals surface area contributed by atoms with E-state index >= 15 is 0 Å². The predicted molar refractivity (Wildman–Crippen MR) is 109 cm³/mol. The van der Waals surface area contributed by atoms with Crippen molar-refractivity contribution in [2.45, 2.75) is 18.7 Å². The van der Waals surface area contributed by atoms with Crippen LogP contribution in [0.3, 0.4) is 0 Å². The Morgan fingerprint density at radius 2 is 1.38 bits per heavy atom. The lowest BCUT2D eigenvalue weighted by molar-refractivity contribution is -0.385. The Morgan fingerprint density at radius 3 is 1.93 bits per heavy atom. The van der Waals surface area contributed by atoms with E-state index < -0.39 is 26.5 Å². The van der Waals surface area contributed by atoms with E-state index in [2.05, 4.69) is 0 Å². The fourth-order valence-electron chi connectivity index (χ4n) is 2.78. The minimum absolute atomic E-state index is 0.0874. The Morgan fingerprint density at radius 1 is 0.862 bits per heavy atom. The maximum atomic E-state index is 13.4. The minimum Gasteiger partial charge on any atom is -0.267 e. The number of hydrogen-bond donors (Lipinski definition) is 0. The van der Waals surface area contributed by atoms with E-state index in [4.69, 9.17) is 0 Å². The Kier molecular flexibility index (Phi) is 5.47. The van der Waals surface area contributed by atoms with Crippen molar-refractivity contribution in [2.24, 2.45) is 0 Å². The third-order valence-corrected chi connectivity index (χ3v) is 6.07. The van der Waals surface area contributed by atoms with Crippen molar-refractivity contribution in [3.05, 3.63) is 99.6 Å². The number of sulfonamides is 1. The molecule has 0 spiro atoms. The van der Waals surface area contributed by atoms with Gasteiger partial charge in [0.2, 0.25) is 0 Å². The van der Waals surface area contributed by atoms with E-state index in [-0.39, 0.29) is 16.1 Å². The molecule has 0 aliphatic rings. The van der Waals surface area contributed by atoms with Crippen LogP contribution in [0, 0.1) is 24.0 Å². The third-order valence-electron chi connectivity index (χ3n) is 4.34. The molecule has 0 saturated heterocycles. The summed E-state index contributed by atoms with van der Waals surface area (Å²) < 4.78 is 27.3. The van der Waals surface area contributed by atoms with Crippen LogP contribution in [0.2, 0.25) is 0 Å². The number of aryl methyl sites for hydroxylation is 2. The smallest absolute Gasteiger partial charge is 0.267 e. The number of amides is 1. The van der Waals surface area contributed by atoms with Crippen molar-refractivity contribution in [1.29, 1.82) is 0 Å². The van der Waals surface area contributed by atoms with E-state index in [0.29, 0.717) is 4.31 Å². The lowest BCUT2D eigenvalue weighted by atomic mass is 10.1. The van der Waals surface area contributed by atoms with Crippen molar-refractivity contribution >= 4 is 27.3 Å². The van der Waals surface area contributed by atoms with E-state index in [9.17, 15) is 23.3 Å². The number of para-hydroxylation sites is 1. The molecule has 0 atom stereocenters. The largest absolute Gasteiger partial charge is 0.282 e. The monoisotopic (exact) mass is 410 g/mol. The van der Waals surface area contributed by atoms with E-state index in [1.54, 1.807) is 24.3 Å². The van der Waals surface area contributed by atoms with Crippen LogP contribution in [0.1, 0.15) is 21.5 Å². The molecular formula is C21H18N2O5S. The van der Waals surface area contributed by atoms with Crippen LogP contribution in [0.15, 0.2) is 77.7 Å². The molecule has 0 aliphatic carbocycles. The van der Waals surface area contributed by atoms with Crippen LogP contribution < -0.4 is 4.31 Å². The highest BCUT2D eigenvalue weighted by atomic mass is 32.2. The normalized spacial score (nSPS) is 11.1. The Labute approximate surface area is 168 Å². The van der Waals surface area contributed by atoms with Gasteiger partial charge < -0.3 is 0 Å². The van der Waals surface area contributed by atoms with Gasteiger partial charge in [-0.05, 0) is 44.2 Å². The molecule has 0 aliphatic heterocycles. The van der Waals surface area contributed by atoms with Gasteiger partial charge in [0.1, 0.15) is 5.56 Å². The fraction of sp³-hybridized carbons (Fsp3) is 0.0952. The summed E-state index contributed by atoms with van der Waals surface area (Å²) in [4.78, 5) is 23.9. The van der Waals surface area contributed by atoms with Crippen LogP contribution in [-0.4, -0.2) is 19.2 Å². The Bertz CT molecular complexity index is 1170. The molecule has 29 heavy (non-hydrogen) atoms. The molecule has 3 rings (SSSR count). The van der Waals surface area contributed by atoms with Gasteiger partial charge in [-0.1, -0.05) is 47.5 Å². The van der Waals surface area contributed by atoms with Crippen LogP contribution in [0.5, 0.6) is 0 Å². The molecule has 0 unspecified atom stereocenters. The van der Waals surface area contributed by atoms with Gasteiger partial charge in [0.25, 0.3) is 21.6 Å².